The van der Waals surface area contributed by atoms with E-state index in [2.05, 4.69) is 0 Å². The fourth-order valence-corrected chi connectivity index (χ4v) is 13.1. The summed E-state index contributed by atoms with van der Waals surface area (Å²) < 4.78 is 211. The Hall–Kier alpha value is -3.27. The molecule has 1 aliphatic rings. The van der Waals surface area contributed by atoms with Gasteiger partial charge in [0.1, 0.15) is 0 Å². The van der Waals surface area contributed by atoms with Crippen molar-refractivity contribution >= 4 is 24.5 Å². The van der Waals surface area contributed by atoms with Crippen LogP contribution in [0.3, 0.4) is 0 Å². The molecular formula is C24H6F15Ga. The van der Waals surface area contributed by atoms with Crippen molar-refractivity contribution in [3.63, 3.8) is 0 Å². The number of allylic oxidation sites excluding steroid dienone is 4. The van der Waals surface area contributed by atoms with Crippen LogP contribution in [-0.4, -0.2) is 22.4 Å². The molecule has 0 aliphatic heterocycles. The Labute approximate surface area is 218 Å². The van der Waals surface area contributed by atoms with Crippen molar-refractivity contribution in [1.82, 2.24) is 0 Å². The molecule has 3 aromatic carbocycles. The fraction of sp³-hybridized carbons (Fsp3) is 0.0833. The maximum absolute atomic E-state index is 15.9. The van der Waals surface area contributed by atoms with Crippen molar-refractivity contribution in [2.24, 2.45) is 0 Å². The first-order valence-electron chi connectivity index (χ1n) is 10.5. The second kappa shape index (κ2) is 10.3. The van der Waals surface area contributed by atoms with E-state index in [1.165, 1.54) is 0 Å². The first kappa shape index (κ1) is 29.7. The van der Waals surface area contributed by atoms with Crippen molar-refractivity contribution < 1.29 is 65.9 Å². The van der Waals surface area contributed by atoms with Crippen LogP contribution in [0.4, 0.5) is 65.9 Å². The number of rotatable bonds is 4. The molecule has 2 unspecified atom stereocenters. The van der Waals surface area contributed by atoms with Gasteiger partial charge in [-0.2, -0.15) is 0 Å². The number of hydrogen-bond donors (Lipinski definition) is 0. The topological polar surface area (TPSA) is 0 Å². The predicted molar refractivity (Wildman–Crippen MR) is 109 cm³/mol. The molecule has 0 radical (unpaired) electrons. The van der Waals surface area contributed by atoms with Gasteiger partial charge in [0.15, 0.2) is 0 Å². The molecule has 1 aliphatic carbocycles. The second-order valence-corrected chi connectivity index (χ2v) is 14.4. The zero-order valence-corrected chi connectivity index (χ0v) is 21.1. The van der Waals surface area contributed by atoms with Crippen LogP contribution in [0.25, 0.3) is 0 Å². The molecule has 2 atom stereocenters. The van der Waals surface area contributed by atoms with Crippen LogP contribution >= 0.6 is 0 Å². The minimum absolute atomic E-state index is 0.506. The van der Waals surface area contributed by atoms with Crippen molar-refractivity contribution in [2.75, 3.05) is 0 Å². The van der Waals surface area contributed by atoms with Gasteiger partial charge in [0, 0.05) is 0 Å². The normalized spacial score (nSPS) is 19.5. The third-order valence-electron chi connectivity index (χ3n) is 6.35. The zero-order valence-electron chi connectivity index (χ0n) is 18.7. The van der Waals surface area contributed by atoms with Gasteiger partial charge < -0.3 is 0 Å². The molecule has 0 bridgehead atoms. The van der Waals surface area contributed by atoms with Gasteiger partial charge in [-0.3, -0.25) is 0 Å². The van der Waals surface area contributed by atoms with Crippen LogP contribution in [0, 0.1) is 58.2 Å². The Morgan fingerprint density at radius 2 is 0.825 bits per heavy atom. The third kappa shape index (κ3) is 3.89. The molecule has 0 aromatic heterocycles. The van der Waals surface area contributed by atoms with Gasteiger partial charge in [-0.25, -0.2) is 0 Å². The summed E-state index contributed by atoms with van der Waals surface area (Å²) in [6.45, 7) is 0. The molecule has 16 heteroatoms. The van der Waals surface area contributed by atoms with Crippen molar-refractivity contribution in [3.05, 3.63) is 117 Å². The first-order chi connectivity index (χ1) is 18.6. The standard InChI is InChI=1S/C12H6F5.2C6F5.Ga/c13-8-7(6-4-2-1-3-5-6)9(14)11(16)12(17)10(8)15;2*7-2-1-3(8)5(10)6(11)4(2)9;/h1-5,8H;;;. The van der Waals surface area contributed by atoms with Gasteiger partial charge in [-0.05, 0) is 0 Å². The van der Waals surface area contributed by atoms with Crippen LogP contribution in [-0.2, 0) is 3.97 Å². The van der Waals surface area contributed by atoms with Gasteiger partial charge >= 0.3 is 218 Å². The van der Waals surface area contributed by atoms with Crippen LogP contribution in [0.2, 0.25) is 0 Å². The third-order valence-corrected chi connectivity index (χ3v) is 14.7. The second-order valence-electron chi connectivity index (χ2n) is 8.29. The Balaban J connectivity index is 2.38. The predicted octanol–water partition coefficient (Wildman–Crippen LogP) is 6.82. The SMILES string of the molecule is FC1=C(F)C(F)[C](c2ccccc2)([Ga]([c]2c(F)c(F)c(F)c(F)c2F)[c]2c(F)c(F)c(F)c(F)c2F)C(F)=C1F. The first-order valence-corrected chi connectivity index (χ1v) is 14.1. The van der Waals surface area contributed by atoms with E-state index < -0.39 is 122 Å². The summed E-state index contributed by atoms with van der Waals surface area (Å²) in [6, 6.07) is 3.70. The van der Waals surface area contributed by atoms with Crippen LogP contribution in [0.15, 0.2) is 53.6 Å². The molecule has 3 aromatic rings. The van der Waals surface area contributed by atoms with Gasteiger partial charge in [0.25, 0.3) is 0 Å². The molecule has 0 saturated carbocycles. The van der Waals surface area contributed by atoms with Gasteiger partial charge in [0.2, 0.25) is 0 Å². The fourth-order valence-electron chi connectivity index (χ4n) is 4.58. The minimum atomic E-state index is -6.98. The molecule has 0 nitrogen and oxygen atoms in total. The van der Waals surface area contributed by atoms with E-state index in [-0.39, 0.29) is 0 Å². The Morgan fingerprint density at radius 3 is 1.20 bits per heavy atom. The van der Waals surface area contributed by atoms with Gasteiger partial charge in [-0.15, -0.1) is 0 Å². The number of alkyl halides is 1. The van der Waals surface area contributed by atoms with E-state index in [0.29, 0.717) is 12.1 Å². The van der Waals surface area contributed by atoms with E-state index in [9.17, 15) is 39.5 Å². The molecule has 210 valence electrons. The van der Waals surface area contributed by atoms with Crippen molar-refractivity contribution in [3.8, 4) is 0 Å². The van der Waals surface area contributed by atoms with E-state index in [1.54, 1.807) is 0 Å². The summed E-state index contributed by atoms with van der Waals surface area (Å²) in [5.74, 6) is -41.2. The molecule has 4 rings (SSSR count). The average molecular weight is 649 g/mol. The van der Waals surface area contributed by atoms with E-state index in [1.807, 2.05) is 0 Å². The monoisotopic (exact) mass is 648 g/mol. The molecule has 0 saturated heterocycles. The number of halogens is 15. The Morgan fingerprint density at radius 1 is 0.475 bits per heavy atom. The number of hydrogen-bond acceptors (Lipinski definition) is 0. The van der Waals surface area contributed by atoms with Crippen molar-refractivity contribution in [1.29, 1.82) is 0 Å². The van der Waals surface area contributed by atoms with E-state index in [4.69, 9.17) is 0 Å². The maximum atomic E-state index is 15.9. The van der Waals surface area contributed by atoms with Crippen LogP contribution in [0.5, 0.6) is 0 Å². The van der Waals surface area contributed by atoms with Crippen LogP contribution in [0.1, 0.15) is 5.56 Å². The molecule has 40 heavy (non-hydrogen) atoms. The van der Waals surface area contributed by atoms with Crippen LogP contribution < -0.4 is 8.24 Å². The summed E-state index contributed by atoms with van der Waals surface area (Å²) in [7, 11) is 0. The summed E-state index contributed by atoms with van der Waals surface area (Å²) >= 11 is -6.98. The quantitative estimate of drug-likeness (QED) is 0.126. The number of benzene rings is 3. The summed E-state index contributed by atoms with van der Waals surface area (Å²) in [5.41, 5.74) is -1.23. The molecule has 0 spiro atoms. The Kier molecular flexibility index (Phi) is 7.64. The van der Waals surface area contributed by atoms with E-state index in [0.717, 1.165) is 18.2 Å². The average Bonchev–Trinajstić information content (AvgIpc) is 2.95. The molecule has 0 amide bonds. The van der Waals surface area contributed by atoms with Gasteiger partial charge in [0.05, 0.1) is 0 Å². The summed E-state index contributed by atoms with van der Waals surface area (Å²) in [6.07, 6.45) is -4.08. The molecule has 0 heterocycles. The molecule has 0 N–H and O–H groups in total. The molecular weight excluding hydrogens is 643 g/mol. The zero-order chi connectivity index (χ0) is 30.0. The Bertz CT molecular complexity index is 1490. The molecule has 0 fully saturated rings. The van der Waals surface area contributed by atoms with E-state index >= 15 is 26.3 Å². The van der Waals surface area contributed by atoms with Crippen molar-refractivity contribution in [2.45, 2.75) is 10.1 Å². The summed E-state index contributed by atoms with van der Waals surface area (Å²) in [4.78, 5) is 0. The van der Waals surface area contributed by atoms with Gasteiger partial charge in [-0.1, -0.05) is 0 Å². The summed E-state index contributed by atoms with van der Waals surface area (Å²) in [5, 5.41) is 0.